The van der Waals surface area contributed by atoms with Crippen LogP contribution in [0.25, 0.3) is 27.6 Å². The molecule has 4 nitrogen and oxygen atoms in total. The third-order valence-electron chi connectivity index (χ3n) is 4.84. The van der Waals surface area contributed by atoms with Gasteiger partial charge in [0, 0.05) is 21.7 Å². The van der Waals surface area contributed by atoms with Gasteiger partial charge in [-0.15, -0.1) is 0 Å². The Morgan fingerprint density at radius 2 is 1.83 bits per heavy atom. The number of thioether (sulfide) groups is 1. The first kappa shape index (κ1) is 18.9. The lowest BCUT2D eigenvalue weighted by Crippen LogP contribution is -2.22. The molecule has 0 aliphatic carbocycles. The van der Waals surface area contributed by atoms with E-state index in [4.69, 9.17) is 16.6 Å². The van der Waals surface area contributed by atoms with Gasteiger partial charge in [0.05, 0.1) is 5.69 Å². The fourth-order valence-corrected chi connectivity index (χ4v) is 4.61. The predicted molar refractivity (Wildman–Crippen MR) is 120 cm³/mol. The van der Waals surface area contributed by atoms with Crippen LogP contribution < -0.4 is 5.56 Å². The van der Waals surface area contributed by atoms with Crippen molar-refractivity contribution < 1.29 is 4.39 Å². The van der Waals surface area contributed by atoms with Gasteiger partial charge in [0.15, 0.2) is 5.16 Å². The van der Waals surface area contributed by atoms with Gasteiger partial charge in [-0.2, -0.15) is 0 Å². The number of nitrogens with zero attached hydrogens (tertiary/aromatic N) is 2. The van der Waals surface area contributed by atoms with Gasteiger partial charge in [-0.25, -0.2) is 9.37 Å². The van der Waals surface area contributed by atoms with Crippen molar-refractivity contribution >= 4 is 45.3 Å². The van der Waals surface area contributed by atoms with Gasteiger partial charge in [0.2, 0.25) is 0 Å². The van der Waals surface area contributed by atoms with Crippen molar-refractivity contribution in [2.24, 2.45) is 0 Å². The SMILES string of the molecule is O=c1c2[nH]c3ccccc3c2nc(SCc2cccc(Cl)c2)n1-c1ccccc1F. The largest absolute Gasteiger partial charge is 0.349 e. The van der Waals surface area contributed by atoms with Crippen LogP contribution in [0, 0.1) is 5.82 Å². The second kappa shape index (κ2) is 7.63. The summed E-state index contributed by atoms with van der Waals surface area (Å²) in [6, 6.07) is 21.3. The summed E-state index contributed by atoms with van der Waals surface area (Å²) >= 11 is 7.46. The molecule has 0 fully saturated rings. The minimum absolute atomic E-state index is 0.171. The highest BCUT2D eigenvalue weighted by Crippen LogP contribution is 2.29. The highest BCUT2D eigenvalue weighted by atomic mass is 35.5. The quantitative estimate of drug-likeness (QED) is 0.280. The molecule has 0 saturated heterocycles. The molecule has 2 aromatic heterocycles. The molecule has 0 amide bonds. The van der Waals surface area contributed by atoms with E-state index in [1.54, 1.807) is 24.3 Å². The van der Waals surface area contributed by atoms with Crippen molar-refractivity contribution in [1.82, 2.24) is 14.5 Å². The fourth-order valence-electron chi connectivity index (χ4n) is 3.46. The van der Waals surface area contributed by atoms with E-state index in [0.29, 0.717) is 27.0 Å². The fraction of sp³-hybridized carbons (Fsp3) is 0.0435. The first-order valence-corrected chi connectivity index (χ1v) is 10.6. The molecule has 0 aliphatic rings. The van der Waals surface area contributed by atoms with E-state index in [9.17, 15) is 9.18 Å². The first-order valence-electron chi connectivity index (χ1n) is 9.27. The highest BCUT2D eigenvalue weighted by molar-refractivity contribution is 7.98. The van der Waals surface area contributed by atoms with Crippen LogP contribution in [0.4, 0.5) is 4.39 Å². The molecule has 2 heterocycles. The molecule has 0 atom stereocenters. The maximum atomic E-state index is 14.6. The van der Waals surface area contributed by atoms with Crippen molar-refractivity contribution in [2.75, 3.05) is 0 Å². The Hall–Kier alpha value is -3.09. The third-order valence-corrected chi connectivity index (χ3v) is 6.09. The van der Waals surface area contributed by atoms with E-state index in [1.165, 1.54) is 22.4 Å². The van der Waals surface area contributed by atoms with Gasteiger partial charge < -0.3 is 4.98 Å². The van der Waals surface area contributed by atoms with E-state index in [2.05, 4.69) is 4.98 Å². The molecule has 30 heavy (non-hydrogen) atoms. The summed E-state index contributed by atoms with van der Waals surface area (Å²) in [7, 11) is 0. The van der Waals surface area contributed by atoms with Crippen LogP contribution in [-0.2, 0) is 5.75 Å². The zero-order chi connectivity index (χ0) is 20.7. The zero-order valence-electron chi connectivity index (χ0n) is 15.6. The number of H-pyrrole nitrogens is 1. The summed E-state index contributed by atoms with van der Waals surface area (Å²) < 4.78 is 16.0. The Kier molecular flexibility index (Phi) is 4.81. The highest BCUT2D eigenvalue weighted by Gasteiger charge is 2.19. The van der Waals surface area contributed by atoms with Gasteiger partial charge >= 0.3 is 0 Å². The van der Waals surface area contributed by atoms with Crippen LogP contribution >= 0.6 is 23.4 Å². The Balaban J connectivity index is 1.73. The molecule has 0 bridgehead atoms. The maximum absolute atomic E-state index is 14.6. The Bertz CT molecular complexity index is 1460. The van der Waals surface area contributed by atoms with Gasteiger partial charge in [-0.3, -0.25) is 9.36 Å². The average Bonchev–Trinajstić information content (AvgIpc) is 3.12. The van der Waals surface area contributed by atoms with E-state index in [-0.39, 0.29) is 11.2 Å². The van der Waals surface area contributed by atoms with Crippen LogP contribution in [0.2, 0.25) is 5.02 Å². The summed E-state index contributed by atoms with van der Waals surface area (Å²) in [6.07, 6.45) is 0. The number of fused-ring (bicyclic) bond motifs is 3. The lowest BCUT2D eigenvalue weighted by molar-refractivity contribution is 0.608. The molecule has 5 rings (SSSR count). The number of hydrogen-bond acceptors (Lipinski definition) is 3. The second-order valence-electron chi connectivity index (χ2n) is 6.80. The van der Waals surface area contributed by atoms with Crippen molar-refractivity contribution in [3.05, 3.63) is 99.6 Å². The molecular formula is C23H15ClFN3OS. The predicted octanol–water partition coefficient (Wildman–Crippen LogP) is 5.95. The second-order valence-corrected chi connectivity index (χ2v) is 8.18. The summed E-state index contributed by atoms with van der Waals surface area (Å²) in [5.74, 6) is 0.0523. The summed E-state index contributed by atoms with van der Waals surface area (Å²) in [6.45, 7) is 0. The van der Waals surface area contributed by atoms with Crippen molar-refractivity contribution in [3.63, 3.8) is 0 Å². The Morgan fingerprint density at radius 1 is 1.03 bits per heavy atom. The summed E-state index contributed by atoms with van der Waals surface area (Å²) in [4.78, 5) is 21.3. The number of benzene rings is 3. The topological polar surface area (TPSA) is 50.7 Å². The standard InChI is InChI=1S/C23H15ClFN3OS/c24-15-7-5-6-14(12-15)13-30-23-27-20-16-8-1-3-10-18(16)26-21(20)22(29)28(23)19-11-4-2-9-17(19)25/h1-12,26H,13H2. The van der Waals surface area contributed by atoms with Crippen molar-refractivity contribution in [3.8, 4) is 5.69 Å². The van der Waals surface area contributed by atoms with Gasteiger partial charge in [0.25, 0.3) is 5.56 Å². The summed E-state index contributed by atoms with van der Waals surface area (Å²) in [5.41, 5.74) is 2.57. The Morgan fingerprint density at radius 3 is 2.67 bits per heavy atom. The van der Waals surface area contributed by atoms with Gasteiger partial charge in [0.1, 0.15) is 16.9 Å². The van der Waals surface area contributed by atoms with Crippen molar-refractivity contribution in [1.29, 1.82) is 0 Å². The number of halogens is 2. The van der Waals surface area contributed by atoms with Crippen LogP contribution in [0.5, 0.6) is 0 Å². The molecule has 0 spiro atoms. The number of nitrogens with one attached hydrogen (secondary N) is 1. The lowest BCUT2D eigenvalue weighted by Gasteiger charge is -2.13. The molecule has 0 radical (unpaired) electrons. The number of para-hydroxylation sites is 2. The number of rotatable bonds is 4. The first-order chi connectivity index (χ1) is 14.6. The van der Waals surface area contributed by atoms with E-state index in [1.807, 2.05) is 42.5 Å². The van der Waals surface area contributed by atoms with Crippen LogP contribution in [-0.4, -0.2) is 14.5 Å². The number of aromatic nitrogens is 3. The molecule has 0 aliphatic heterocycles. The van der Waals surface area contributed by atoms with Crippen LogP contribution in [0.15, 0.2) is 82.7 Å². The molecular weight excluding hydrogens is 421 g/mol. The van der Waals surface area contributed by atoms with Gasteiger partial charge in [-0.05, 0) is 35.9 Å². The van der Waals surface area contributed by atoms with E-state index < -0.39 is 5.82 Å². The molecule has 148 valence electrons. The Labute approximate surface area is 180 Å². The zero-order valence-corrected chi connectivity index (χ0v) is 17.2. The van der Waals surface area contributed by atoms with Crippen molar-refractivity contribution in [2.45, 2.75) is 10.9 Å². The molecule has 5 aromatic rings. The normalized spacial score (nSPS) is 11.4. The monoisotopic (exact) mass is 435 g/mol. The minimum atomic E-state index is -0.485. The summed E-state index contributed by atoms with van der Waals surface area (Å²) in [5, 5.41) is 1.91. The number of hydrogen-bond donors (Lipinski definition) is 1. The van der Waals surface area contributed by atoms with Gasteiger partial charge in [-0.1, -0.05) is 65.8 Å². The number of aromatic amines is 1. The molecule has 7 heteroatoms. The molecule has 1 N–H and O–H groups in total. The van der Waals surface area contributed by atoms with E-state index in [0.717, 1.165) is 16.5 Å². The van der Waals surface area contributed by atoms with Crippen LogP contribution in [0.3, 0.4) is 0 Å². The minimum Gasteiger partial charge on any atom is -0.349 e. The average molecular weight is 436 g/mol. The molecule has 0 saturated carbocycles. The van der Waals surface area contributed by atoms with Crippen LogP contribution in [0.1, 0.15) is 5.56 Å². The molecule has 0 unspecified atom stereocenters. The maximum Gasteiger partial charge on any atom is 0.283 e. The van der Waals surface area contributed by atoms with E-state index >= 15 is 0 Å². The smallest absolute Gasteiger partial charge is 0.283 e. The molecule has 3 aromatic carbocycles. The third kappa shape index (κ3) is 3.28. The lowest BCUT2D eigenvalue weighted by atomic mass is 10.2.